The minimum absolute atomic E-state index is 0.0523. The van der Waals surface area contributed by atoms with Crippen LogP contribution >= 0.6 is 11.6 Å². The predicted octanol–water partition coefficient (Wildman–Crippen LogP) is 2.32. The zero-order valence-corrected chi connectivity index (χ0v) is 12.8. The highest BCUT2D eigenvalue weighted by Gasteiger charge is 2.15. The third kappa shape index (κ3) is 3.09. The van der Waals surface area contributed by atoms with Gasteiger partial charge in [0.15, 0.2) is 0 Å². The van der Waals surface area contributed by atoms with Crippen LogP contribution < -0.4 is 5.56 Å². The normalized spacial score (nSPS) is 10.9. The van der Waals surface area contributed by atoms with E-state index in [1.54, 1.807) is 13.1 Å². The molecule has 0 bridgehead atoms. The van der Waals surface area contributed by atoms with Gasteiger partial charge < -0.3 is 14.9 Å². The number of carbonyl (C=O) groups is 1. The lowest BCUT2D eigenvalue weighted by atomic mass is 10.2. The molecule has 0 aliphatic carbocycles. The number of fused-ring (bicyclic) bond motifs is 1. The number of benzene rings is 1. The molecule has 0 saturated heterocycles. The summed E-state index contributed by atoms with van der Waals surface area (Å²) in [5.41, 5.74) is 0.992. The van der Waals surface area contributed by atoms with Gasteiger partial charge in [-0.25, -0.2) is 9.37 Å². The van der Waals surface area contributed by atoms with E-state index in [4.69, 9.17) is 11.6 Å². The van der Waals surface area contributed by atoms with Gasteiger partial charge in [-0.05, 0) is 24.3 Å². The first kappa shape index (κ1) is 15.2. The molecule has 1 amide bonds. The van der Waals surface area contributed by atoms with Crippen molar-refractivity contribution in [2.24, 2.45) is 0 Å². The van der Waals surface area contributed by atoms with E-state index in [2.05, 4.69) is 15.0 Å². The monoisotopic (exact) mass is 334 g/mol. The smallest absolute Gasteiger partial charge is 0.266 e. The van der Waals surface area contributed by atoms with Gasteiger partial charge in [0.1, 0.15) is 16.7 Å². The summed E-state index contributed by atoms with van der Waals surface area (Å²) in [5, 5.41) is -0.0523. The SMILES string of the molecule is CN(Cc1nc2ccc(F)cc2[nH]1)C(=O)c1c[nH]c(=O)c(Cl)c1. The van der Waals surface area contributed by atoms with E-state index in [0.29, 0.717) is 16.9 Å². The third-order valence-electron chi connectivity index (χ3n) is 3.33. The predicted molar refractivity (Wildman–Crippen MR) is 83.9 cm³/mol. The van der Waals surface area contributed by atoms with Crippen molar-refractivity contribution in [2.75, 3.05) is 7.05 Å². The van der Waals surface area contributed by atoms with E-state index in [1.165, 1.54) is 29.3 Å². The van der Waals surface area contributed by atoms with Crippen molar-refractivity contribution < 1.29 is 9.18 Å². The minimum atomic E-state index is -0.454. The van der Waals surface area contributed by atoms with Gasteiger partial charge in [-0.1, -0.05) is 11.6 Å². The molecule has 0 unspecified atom stereocenters. The number of nitrogens with one attached hydrogen (secondary N) is 2. The maximum Gasteiger partial charge on any atom is 0.266 e. The number of rotatable bonds is 3. The molecule has 0 spiro atoms. The molecule has 2 N–H and O–H groups in total. The molecule has 3 aromatic rings. The summed E-state index contributed by atoms with van der Waals surface area (Å²) in [6.45, 7) is 0.200. The summed E-state index contributed by atoms with van der Waals surface area (Å²) in [6.07, 6.45) is 1.31. The second kappa shape index (κ2) is 5.85. The lowest BCUT2D eigenvalue weighted by molar-refractivity contribution is 0.0781. The van der Waals surface area contributed by atoms with Crippen LogP contribution in [0.1, 0.15) is 16.2 Å². The maximum atomic E-state index is 13.2. The Morgan fingerprint density at radius 3 is 2.91 bits per heavy atom. The van der Waals surface area contributed by atoms with Crippen molar-refractivity contribution in [3.8, 4) is 0 Å². The van der Waals surface area contributed by atoms with Gasteiger partial charge in [-0.2, -0.15) is 0 Å². The molecule has 3 rings (SSSR count). The zero-order valence-electron chi connectivity index (χ0n) is 12.1. The Morgan fingerprint density at radius 2 is 2.17 bits per heavy atom. The molecular weight excluding hydrogens is 323 g/mol. The van der Waals surface area contributed by atoms with Crippen LogP contribution in [0.2, 0.25) is 5.02 Å². The van der Waals surface area contributed by atoms with Crippen LogP contribution in [0.3, 0.4) is 0 Å². The van der Waals surface area contributed by atoms with E-state index in [-0.39, 0.29) is 28.9 Å². The first-order valence-corrected chi connectivity index (χ1v) is 7.09. The van der Waals surface area contributed by atoms with E-state index in [1.807, 2.05) is 0 Å². The van der Waals surface area contributed by atoms with Crippen molar-refractivity contribution in [1.82, 2.24) is 19.9 Å². The molecule has 2 heterocycles. The molecule has 0 atom stereocenters. The van der Waals surface area contributed by atoms with Crippen LogP contribution in [-0.4, -0.2) is 32.8 Å². The molecule has 118 valence electrons. The number of aromatic nitrogens is 3. The van der Waals surface area contributed by atoms with Crippen LogP contribution in [0.15, 0.2) is 35.3 Å². The van der Waals surface area contributed by atoms with E-state index in [0.717, 1.165) is 0 Å². The van der Waals surface area contributed by atoms with Gasteiger partial charge in [0.25, 0.3) is 11.5 Å². The van der Waals surface area contributed by atoms with E-state index in [9.17, 15) is 14.0 Å². The molecule has 0 radical (unpaired) electrons. The Balaban J connectivity index is 1.81. The summed E-state index contributed by atoms with van der Waals surface area (Å²) in [6, 6.07) is 5.54. The molecule has 6 nitrogen and oxygen atoms in total. The highest BCUT2D eigenvalue weighted by molar-refractivity contribution is 6.30. The lowest BCUT2D eigenvalue weighted by Crippen LogP contribution is -2.27. The number of hydrogen-bond acceptors (Lipinski definition) is 3. The van der Waals surface area contributed by atoms with Gasteiger partial charge in [-0.15, -0.1) is 0 Å². The quantitative estimate of drug-likeness (QED) is 0.771. The summed E-state index contributed by atoms with van der Waals surface area (Å²) in [7, 11) is 1.59. The largest absolute Gasteiger partial charge is 0.340 e. The lowest BCUT2D eigenvalue weighted by Gasteiger charge is -2.15. The molecule has 23 heavy (non-hydrogen) atoms. The summed E-state index contributed by atoms with van der Waals surface area (Å²) in [4.78, 5) is 34.6. The van der Waals surface area contributed by atoms with Crippen LogP contribution in [0, 0.1) is 5.82 Å². The highest BCUT2D eigenvalue weighted by Crippen LogP contribution is 2.14. The number of nitrogens with zero attached hydrogens (tertiary/aromatic N) is 2. The Morgan fingerprint density at radius 1 is 1.39 bits per heavy atom. The Bertz CT molecular complexity index is 950. The average molecular weight is 335 g/mol. The summed E-state index contributed by atoms with van der Waals surface area (Å²) in [5.74, 6) is -0.160. The molecule has 0 aliphatic rings. The van der Waals surface area contributed by atoms with Gasteiger partial charge in [0.05, 0.1) is 23.1 Å². The summed E-state index contributed by atoms with van der Waals surface area (Å²) >= 11 is 5.72. The van der Waals surface area contributed by atoms with Crippen LogP contribution in [0.4, 0.5) is 4.39 Å². The van der Waals surface area contributed by atoms with Crippen LogP contribution in [-0.2, 0) is 6.54 Å². The molecule has 0 aliphatic heterocycles. The number of hydrogen-bond donors (Lipinski definition) is 2. The number of pyridine rings is 1. The fourth-order valence-corrected chi connectivity index (χ4v) is 2.38. The highest BCUT2D eigenvalue weighted by atomic mass is 35.5. The fourth-order valence-electron chi connectivity index (χ4n) is 2.21. The topological polar surface area (TPSA) is 81.8 Å². The standard InChI is InChI=1S/C15H12ClFN4O2/c1-21(15(23)8-4-10(16)14(22)18-6-8)7-13-19-11-3-2-9(17)5-12(11)20-13/h2-6H,7H2,1H3,(H,18,22)(H,19,20). The van der Waals surface area contributed by atoms with Crippen molar-refractivity contribution in [3.63, 3.8) is 0 Å². The van der Waals surface area contributed by atoms with Crippen molar-refractivity contribution in [2.45, 2.75) is 6.54 Å². The molecular formula is C15H12ClFN4O2. The molecule has 1 aromatic carbocycles. The zero-order chi connectivity index (χ0) is 16.6. The van der Waals surface area contributed by atoms with Crippen LogP contribution in [0.5, 0.6) is 0 Å². The number of amides is 1. The van der Waals surface area contributed by atoms with Crippen molar-refractivity contribution in [3.05, 3.63) is 63.0 Å². The Hall–Kier alpha value is -2.67. The van der Waals surface area contributed by atoms with Crippen molar-refractivity contribution in [1.29, 1.82) is 0 Å². The van der Waals surface area contributed by atoms with Gasteiger partial charge in [-0.3, -0.25) is 9.59 Å². The number of carbonyl (C=O) groups excluding carboxylic acids is 1. The Labute approximate surface area is 134 Å². The maximum absolute atomic E-state index is 13.2. The molecule has 0 saturated carbocycles. The van der Waals surface area contributed by atoms with Gasteiger partial charge in [0.2, 0.25) is 0 Å². The second-order valence-corrected chi connectivity index (χ2v) is 5.48. The third-order valence-corrected chi connectivity index (χ3v) is 3.61. The van der Waals surface area contributed by atoms with Crippen molar-refractivity contribution >= 4 is 28.5 Å². The number of imidazole rings is 1. The molecule has 8 heteroatoms. The van der Waals surface area contributed by atoms with Gasteiger partial charge >= 0.3 is 0 Å². The Kier molecular flexibility index (Phi) is 3.87. The number of H-pyrrole nitrogens is 2. The average Bonchev–Trinajstić information content (AvgIpc) is 2.90. The molecule has 2 aromatic heterocycles. The number of halogens is 2. The van der Waals surface area contributed by atoms with Gasteiger partial charge in [0, 0.05) is 13.2 Å². The first-order chi connectivity index (χ1) is 10.9. The second-order valence-electron chi connectivity index (χ2n) is 5.07. The van der Waals surface area contributed by atoms with E-state index >= 15 is 0 Å². The summed E-state index contributed by atoms with van der Waals surface area (Å²) < 4.78 is 13.2. The van der Waals surface area contributed by atoms with Crippen LogP contribution in [0.25, 0.3) is 11.0 Å². The fraction of sp³-hybridized carbons (Fsp3) is 0.133. The minimum Gasteiger partial charge on any atom is -0.340 e. The molecule has 0 fully saturated rings. The first-order valence-electron chi connectivity index (χ1n) is 6.72. The number of aromatic amines is 2. The van der Waals surface area contributed by atoms with E-state index < -0.39 is 5.56 Å².